The molecule has 0 saturated heterocycles. The van der Waals surface area contributed by atoms with E-state index in [4.69, 9.17) is 0 Å². The summed E-state index contributed by atoms with van der Waals surface area (Å²) in [6.45, 7) is 0. The zero-order valence-corrected chi connectivity index (χ0v) is 12.8. The monoisotopic (exact) mass is 355 g/mol. The van der Waals surface area contributed by atoms with Gasteiger partial charge in [-0.3, -0.25) is 9.59 Å². The molecule has 21 heavy (non-hydrogen) atoms. The molecule has 0 spiro atoms. The van der Waals surface area contributed by atoms with E-state index in [9.17, 15) is 19.1 Å². The van der Waals surface area contributed by atoms with Gasteiger partial charge in [0.05, 0.1) is 16.0 Å². The minimum absolute atomic E-state index is 0.109. The zero-order valence-electron chi connectivity index (χ0n) is 11.2. The van der Waals surface area contributed by atoms with E-state index in [2.05, 4.69) is 21.2 Å². The Labute approximate surface area is 129 Å². The maximum Gasteiger partial charge on any atom is 0.308 e. The molecule has 4 nitrogen and oxygen atoms in total. The topological polar surface area (TPSA) is 66.4 Å². The number of nitrogens with one attached hydrogen (secondary N) is 1. The van der Waals surface area contributed by atoms with Crippen molar-refractivity contribution in [1.29, 1.82) is 0 Å². The summed E-state index contributed by atoms with van der Waals surface area (Å²) in [4.78, 5) is 23.7. The summed E-state index contributed by atoms with van der Waals surface area (Å²) in [6.07, 6.45) is 2.72. The van der Waals surface area contributed by atoms with E-state index in [1.807, 2.05) is 0 Å². The predicted molar refractivity (Wildman–Crippen MR) is 77.3 cm³/mol. The third-order valence-electron chi connectivity index (χ3n) is 4.70. The number of hydrogen-bond donors (Lipinski definition) is 2. The van der Waals surface area contributed by atoms with E-state index in [0.717, 1.165) is 19.3 Å². The van der Waals surface area contributed by atoms with Crippen LogP contribution in [0.1, 0.15) is 29.6 Å². The van der Waals surface area contributed by atoms with Crippen LogP contribution in [0.4, 0.5) is 4.39 Å². The van der Waals surface area contributed by atoms with Crippen molar-refractivity contribution < 1.29 is 19.1 Å². The van der Waals surface area contributed by atoms with Crippen LogP contribution >= 0.6 is 15.9 Å². The molecule has 2 aliphatic rings. The summed E-state index contributed by atoms with van der Waals surface area (Å²) >= 11 is 3.06. The van der Waals surface area contributed by atoms with Gasteiger partial charge in [-0.25, -0.2) is 4.39 Å². The van der Waals surface area contributed by atoms with E-state index >= 15 is 0 Å². The van der Waals surface area contributed by atoms with Crippen molar-refractivity contribution in [1.82, 2.24) is 5.32 Å². The summed E-state index contributed by atoms with van der Waals surface area (Å²) in [5.74, 6) is -1.96. The van der Waals surface area contributed by atoms with E-state index in [-0.39, 0.29) is 27.9 Å². The highest BCUT2D eigenvalue weighted by atomic mass is 79.9. The van der Waals surface area contributed by atoms with Crippen LogP contribution in [0, 0.1) is 23.6 Å². The van der Waals surface area contributed by atoms with Gasteiger partial charge < -0.3 is 10.4 Å². The van der Waals surface area contributed by atoms with Crippen molar-refractivity contribution >= 4 is 27.8 Å². The second-order valence-electron chi connectivity index (χ2n) is 5.80. The van der Waals surface area contributed by atoms with E-state index < -0.39 is 23.6 Å². The van der Waals surface area contributed by atoms with Crippen LogP contribution in [0.2, 0.25) is 0 Å². The number of carbonyl (C=O) groups is 2. The normalized spacial score (nSPS) is 30.4. The first kappa shape index (κ1) is 14.5. The summed E-state index contributed by atoms with van der Waals surface area (Å²) < 4.78 is 13.6. The zero-order chi connectivity index (χ0) is 15.1. The Morgan fingerprint density at radius 2 is 2.00 bits per heavy atom. The molecule has 0 heterocycles. The number of halogens is 2. The molecule has 0 aromatic heterocycles. The molecule has 1 aromatic carbocycles. The van der Waals surface area contributed by atoms with Crippen molar-refractivity contribution in [3.8, 4) is 0 Å². The quantitative estimate of drug-likeness (QED) is 0.875. The van der Waals surface area contributed by atoms with Gasteiger partial charge in [-0.05, 0) is 59.2 Å². The number of fused-ring (bicyclic) bond motifs is 2. The Morgan fingerprint density at radius 1 is 1.29 bits per heavy atom. The second kappa shape index (κ2) is 5.40. The first-order valence-electron chi connectivity index (χ1n) is 6.96. The number of aliphatic carboxylic acids is 1. The van der Waals surface area contributed by atoms with Crippen LogP contribution in [0.5, 0.6) is 0 Å². The van der Waals surface area contributed by atoms with E-state index in [0.29, 0.717) is 0 Å². The summed E-state index contributed by atoms with van der Waals surface area (Å²) in [6, 6.07) is 3.89. The Morgan fingerprint density at radius 3 is 2.71 bits per heavy atom. The Balaban J connectivity index is 1.81. The van der Waals surface area contributed by atoms with Gasteiger partial charge in [0.15, 0.2) is 0 Å². The van der Waals surface area contributed by atoms with Gasteiger partial charge in [-0.2, -0.15) is 0 Å². The lowest BCUT2D eigenvalue weighted by molar-refractivity contribution is -0.144. The van der Waals surface area contributed by atoms with Crippen LogP contribution in [0.15, 0.2) is 22.7 Å². The third-order valence-corrected chi connectivity index (χ3v) is 5.50. The molecule has 1 amide bonds. The molecular formula is C15H15BrFNO3. The van der Waals surface area contributed by atoms with Crippen molar-refractivity contribution in [2.24, 2.45) is 17.8 Å². The van der Waals surface area contributed by atoms with Crippen molar-refractivity contribution in [2.75, 3.05) is 0 Å². The Kier molecular flexibility index (Phi) is 3.73. The molecule has 4 unspecified atom stereocenters. The van der Waals surface area contributed by atoms with Gasteiger partial charge >= 0.3 is 5.97 Å². The van der Waals surface area contributed by atoms with Crippen LogP contribution in [-0.4, -0.2) is 23.0 Å². The fourth-order valence-corrected chi connectivity index (χ4v) is 4.21. The molecule has 1 aromatic rings. The molecule has 4 atom stereocenters. The summed E-state index contributed by atoms with van der Waals surface area (Å²) in [7, 11) is 0. The van der Waals surface area contributed by atoms with Gasteiger partial charge in [0.25, 0.3) is 5.91 Å². The molecule has 2 bridgehead atoms. The summed E-state index contributed by atoms with van der Waals surface area (Å²) in [5, 5.41) is 12.2. The van der Waals surface area contributed by atoms with Gasteiger partial charge in [0, 0.05) is 6.04 Å². The fraction of sp³-hybridized carbons (Fsp3) is 0.467. The SMILES string of the molecule is O=C(NC1C2CCC(C2)C1C(=O)O)c1cccc(F)c1Br. The first-order valence-corrected chi connectivity index (χ1v) is 7.76. The largest absolute Gasteiger partial charge is 0.481 e. The van der Waals surface area contributed by atoms with Gasteiger partial charge in [0.1, 0.15) is 5.82 Å². The predicted octanol–water partition coefficient (Wildman–Crippen LogP) is 2.82. The first-order chi connectivity index (χ1) is 9.99. The molecule has 2 saturated carbocycles. The highest BCUT2D eigenvalue weighted by Crippen LogP contribution is 2.48. The third kappa shape index (κ3) is 2.46. The average molecular weight is 356 g/mol. The molecule has 2 fully saturated rings. The number of amides is 1. The van der Waals surface area contributed by atoms with E-state index in [1.165, 1.54) is 18.2 Å². The minimum atomic E-state index is -0.856. The molecule has 112 valence electrons. The average Bonchev–Trinajstić information content (AvgIpc) is 3.02. The smallest absolute Gasteiger partial charge is 0.308 e. The highest BCUT2D eigenvalue weighted by Gasteiger charge is 2.51. The molecular weight excluding hydrogens is 341 g/mol. The molecule has 6 heteroatoms. The maximum absolute atomic E-state index is 13.5. The second-order valence-corrected chi connectivity index (χ2v) is 6.59. The molecule has 2 aliphatic carbocycles. The Bertz CT molecular complexity index is 607. The molecule has 2 N–H and O–H groups in total. The van der Waals surface area contributed by atoms with Crippen LogP contribution in [-0.2, 0) is 4.79 Å². The lowest BCUT2D eigenvalue weighted by Gasteiger charge is -2.29. The standard InChI is InChI=1S/C15H15BrFNO3/c16-12-9(2-1-3-10(12)17)14(19)18-13-8-5-4-7(6-8)11(13)15(20)21/h1-3,7-8,11,13H,4-6H2,(H,18,19)(H,20,21). The fourth-order valence-electron chi connectivity index (χ4n) is 3.76. The number of carboxylic acid groups (broad SMARTS) is 1. The van der Waals surface area contributed by atoms with Crippen molar-refractivity contribution in [3.63, 3.8) is 0 Å². The van der Waals surface area contributed by atoms with Crippen LogP contribution in [0.25, 0.3) is 0 Å². The van der Waals surface area contributed by atoms with E-state index in [1.54, 1.807) is 0 Å². The van der Waals surface area contributed by atoms with Crippen molar-refractivity contribution in [2.45, 2.75) is 25.3 Å². The number of rotatable bonds is 3. The maximum atomic E-state index is 13.5. The Hall–Kier alpha value is -1.43. The molecule has 0 aliphatic heterocycles. The number of hydrogen-bond acceptors (Lipinski definition) is 2. The minimum Gasteiger partial charge on any atom is -0.481 e. The molecule has 0 radical (unpaired) electrons. The number of carboxylic acids is 1. The summed E-state index contributed by atoms with van der Waals surface area (Å²) in [5.41, 5.74) is 0.196. The van der Waals surface area contributed by atoms with Gasteiger partial charge in [-0.15, -0.1) is 0 Å². The highest BCUT2D eigenvalue weighted by molar-refractivity contribution is 9.10. The van der Waals surface area contributed by atoms with Gasteiger partial charge in [-0.1, -0.05) is 6.07 Å². The van der Waals surface area contributed by atoms with Crippen LogP contribution < -0.4 is 5.32 Å². The number of carbonyl (C=O) groups excluding carboxylic acids is 1. The lowest BCUT2D eigenvalue weighted by atomic mass is 9.84. The lowest BCUT2D eigenvalue weighted by Crippen LogP contribution is -2.46. The number of benzene rings is 1. The van der Waals surface area contributed by atoms with Crippen molar-refractivity contribution in [3.05, 3.63) is 34.1 Å². The van der Waals surface area contributed by atoms with Crippen LogP contribution in [0.3, 0.4) is 0 Å². The molecule has 3 rings (SSSR count). The van der Waals surface area contributed by atoms with Gasteiger partial charge in [0.2, 0.25) is 0 Å².